The van der Waals surface area contributed by atoms with Gasteiger partial charge in [0.1, 0.15) is 11.4 Å². The molecule has 0 aliphatic carbocycles. The summed E-state index contributed by atoms with van der Waals surface area (Å²) in [6.07, 6.45) is 0. The molecule has 1 heterocycles. The number of nitro benzene ring substituents is 1. The highest BCUT2D eigenvalue weighted by Crippen LogP contribution is 2.22. The van der Waals surface area contributed by atoms with E-state index in [-0.39, 0.29) is 17.0 Å². The van der Waals surface area contributed by atoms with Crippen LogP contribution in [0.3, 0.4) is 0 Å². The minimum Gasteiger partial charge on any atom is -0.507 e. The van der Waals surface area contributed by atoms with Crippen molar-refractivity contribution in [1.82, 2.24) is 20.4 Å². The molecule has 0 saturated heterocycles. The molecule has 11 heteroatoms. The van der Waals surface area contributed by atoms with Crippen molar-refractivity contribution in [1.29, 1.82) is 0 Å². The molecule has 0 bridgehead atoms. The van der Waals surface area contributed by atoms with Crippen molar-refractivity contribution < 1.29 is 14.8 Å². The van der Waals surface area contributed by atoms with Gasteiger partial charge < -0.3 is 5.11 Å². The number of halogens is 1. The molecule has 29 heavy (non-hydrogen) atoms. The van der Waals surface area contributed by atoms with Crippen LogP contribution in [0.1, 0.15) is 28.7 Å². The Morgan fingerprint density at radius 1 is 1.31 bits per heavy atom. The lowest BCUT2D eigenvalue weighted by Gasteiger charge is -2.05. The number of nitrogens with one attached hydrogen (secondary N) is 1. The zero-order valence-corrected chi connectivity index (χ0v) is 16.1. The number of nitro groups is 1. The van der Waals surface area contributed by atoms with Crippen LogP contribution in [-0.4, -0.2) is 36.6 Å². The lowest BCUT2D eigenvalue weighted by atomic mass is 10.2. The van der Waals surface area contributed by atoms with Crippen molar-refractivity contribution in [3.8, 4) is 11.4 Å². The van der Waals surface area contributed by atoms with E-state index in [1.807, 2.05) is 0 Å². The number of benzene rings is 2. The third-order valence-electron chi connectivity index (χ3n) is 4.05. The number of hydrogen-bond donors (Lipinski definition) is 2. The number of hydrogen-bond acceptors (Lipinski definition) is 7. The van der Waals surface area contributed by atoms with E-state index in [2.05, 4.69) is 20.8 Å². The Bertz CT molecular complexity index is 1140. The first-order chi connectivity index (χ1) is 13.8. The maximum Gasteiger partial charge on any atom is 0.275 e. The van der Waals surface area contributed by atoms with Crippen molar-refractivity contribution in [2.24, 2.45) is 5.10 Å². The predicted octanol–water partition coefficient (Wildman–Crippen LogP) is 3.00. The van der Waals surface area contributed by atoms with Gasteiger partial charge in [-0.2, -0.15) is 5.10 Å². The van der Waals surface area contributed by atoms with E-state index in [0.717, 1.165) is 0 Å². The Balaban J connectivity index is 1.83. The van der Waals surface area contributed by atoms with Crippen molar-refractivity contribution in [3.63, 3.8) is 0 Å². The summed E-state index contributed by atoms with van der Waals surface area (Å²) in [7, 11) is 0. The minimum atomic E-state index is -0.623. The highest BCUT2D eigenvalue weighted by molar-refractivity contribution is 6.30. The Morgan fingerprint density at radius 2 is 2.07 bits per heavy atom. The van der Waals surface area contributed by atoms with Crippen molar-refractivity contribution in [3.05, 3.63) is 74.6 Å². The smallest absolute Gasteiger partial charge is 0.275 e. The summed E-state index contributed by atoms with van der Waals surface area (Å²) in [5.74, 6) is -0.891. The van der Waals surface area contributed by atoms with Gasteiger partial charge in [-0.1, -0.05) is 22.9 Å². The average Bonchev–Trinajstić information content (AvgIpc) is 3.07. The van der Waals surface area contributed by atoms with Gasteiger partial charge in [0.15, 0.2) is 0 Å². The predicted molar refractivity (Wildman–Crippen MR) is 106 cm³/mol. The molecule has 0 unspecified atom stereocenters. The molecule has 0 radical (unpaired) electrons. The molecule has 0 aliphatic heterocycles. The number of nitrogens with zero attached hydrogens (tertiary/aromatic N) is 5. The monoisotopic (exact) mass is 414 g/mol. The fourth-order valence-electron chi connectivity index (χ4n) is 2.59. The Morgan fingerprint density at radius 3 is 2.76 bits per heavy atom. The number of phenols is 1. The number of amides is 1. The highest BCUT2D eigenvalue weighted by atomic mass is 35.5. The van der Waals surface area contributed by atoms with E-state index in [0.29, 0.717) is 27.8 Å². The third kappa shape index (κ3) is 4.22. The summed E-state index contributed by atoms with van der Waals surface area (Å²) in [5, 5.41) is 33.1. The first kappa shape index (κ1) is 20.0. The average molecular weight is 415 g/mol. The van der Waals surface area contributed by atoms with Crippen LogP contribution in [0.4, 0.5) is 5.69 Å². The van der Waals surface area contributed by atoms with Gasteiger partial charge >= 0.3 is 0 Å². The van der Waals surface area contributed by atoms with Gasteiger partial charge in [0.05, 0.1) is 27.6 Å². The molecule has 0 aliphatic rings. The molecular weight excluding hydrogens is 400 g/mol. The molecule has 10 nitrogen and oxygen atoms in total. The second-order valence-electron chi connectivity index (χ2n) is 6.01. The van der Waals surface area contributed by atoms with Gasteiger partial charge in [0.2, 0.25) is 0 Å². The number of carbonyl (C=O) groups is 1. The molecule has 3 aromatic rings. The van der Waals surface area contributed by atoms with Crippen molar-refractivity contribution >= 4 is 28.9 Å². The number of rotatable bonds is 5. The maximum atomic E-state index is 12.2. The van der Waals surface area contributed by atoms with E-state index in [1.54, 1.807) is 26.0 Å². The van der Waals surface area contributed by atoms with Crippen LogP contribution in [0.5, 0.6) is 5.75 Å². The summed E-state index contributed by atoms with van der Waals surface area (Å²) in [5.41, 5.74) is 4.10. The van der Waals surface area contributed by atoms with Crippen molar-refractivity contribution in [2.75, 3.05) is 0 Å². The summed E-state index contributed by atoms with van der Waals surface area (Å²) in [6, 6.07) is 10.1. The second kappa shape index (κ2) is 8.07. The van der Waals surface area contributed by atoms with Crippen LogP contribution in [0.25, 0.3) is 5.69 Å². The topological polar surface area (TPSA) is 136 Å². The van der Waals surface area contributed by atoms with Crippen LogP contribution in [0, 0.1) is 17.0 Å². The molecule has 0 atom stereocenters. The van der Waals surface area contributed by atoms with E-state index < -0.39 is 10.8 Å². The summed E-state index contributed by atoms with van der Waals surface area (Å²) in [4.78, 5) is 22.7. The first-order valence-electron chi connectivity index (χ1n) is 8.28. The summed E-state index contributed by atoms with van der Waals surface area (Å²) in [6.45, 7) is 3.34. The van der Waals surface area contributed by atoms with Crippen LogP contribution >= 0.6 is 11.6 Å². The molecule has 1 amide bonds. The first-order valence-corrected chi connectivity index (χ1v) is 8.66. The maximum absolute atomic E-state index is 12.2. The highest BCUT2D eigenvalue weighted by Gasteiger charge is 2.16. The zero-order valence-electron chi connectivity index (χ0n) is 15.3. The number of aromatic nitrogens is 3. The second-order valence-corrected chi connectivity index (χ2v) is 6.45. The lowest BCUT2D eigenvalue weighted by molar-refractivity contribution is -0.384. The standard InChI is InChI=1S/C18H15ClN6O4/c1-10(20-22-18(27)15-7-6-12(19)8-16(15)26)17-11(2)24(23-21-17)13-4-3-5-14(9-13)25(28)29/h3-9,26H,1-2H3,(H,22,27). The summed E-state index contributed by atoms with van der Waals surface area (Å²) < 4.78 is 1.44. The van der Waals surface area contributed by atoms with Gasteiger partial charge in [-0.15, -0.1) is 5.10 Å². The Labute approximate surface area is 169 Å². The van der Waals surface area contributed by atoms with Gasteiger partial charge in [-0.05, 0) is 38.1 Å². The molecule has 2 N–H and O–H groups in total. The number of aromatic hydroxyl groups is 1. The minimum absolute atomic E-state index is 0.0166. The zero-order chi connectivity index (χ0) is 21.1. The number of hydrazone groups is 1. The molecule has 1 aromatic heterocycles. The van der Waals surface area contributed by atoms with Crippen LogP contribution in [0.15, 0.2) is 47.6 Å². The number of non-ortho nitro benzene ring substituents is 1. The van der Waals surface area contributed by atoms with E-state index in [1.165, 1.54) is 35.0 Å². The summed E-state index contributed by atoms with van der Waals surface area (Å²) >= 11 is 5.75. The quantitative estimate of drug-likeness (QED) is 0.374. The van der Waals surface area contributed by atoms with E-state index >= 15 is 0 Å². The fraction of sp³-hybridized carbons (Fsp3) is 0.111. The third-order valence-corrected chi connectivity index (χ3v) is 4.29. The van der Waals surface area contributed by atoms with Gasteiger partial charge in [0.25, 0.3) is 11.6 Å². The van der Waals surface area contributed by atoms with E-state index in [4.69, 9.17) is 11.6 Å². The lowest BCUT2D eigenvalue weighted by Crippen LogP contribution is -2.19. The van der Waals surface area contributed by atoms with Gasteiger partial charge in [-0.25, -0.2) is 10.1 Å². The number of phenolic OH excluding ortho intramolecular Hbond substituents is 1. The molecule has 0 spiro atoms. The van der Waals surface area contributed by atoms with Crippen molar-refractivity contribution in [2.45, 2.75) is 13.8 Å². The van der Waals surface area contributed by atoms with Crippen LogP contribution < -0.4 is 5.43 Å². The molecule has 0 fully saturated rings. The Hall–Kier alpha value is -3.79. The molecule has 0 saturated carbocycles. The van der Waals surface area contributed by atoms with Crippen LogP contribution in [0.2, 0.25) is 5.02 Å². The molecule has 3 rings (SSSR count). The number of carbonyl (C=O) groups excluding carboxylic acids is 1. The molecule has 148 valence electrons. The molecule has 2 aromatic carbocycles. The largest absolute Gasteiger partial charge is 0.507 e. The van der Waals surface area contributed by atoms with E-state index in [9.17, 15) is 20.0 Å². The van der Waals surface area contributed by atoms with Gasteiger partial charge in [0, 0.05) is 17.2 Å². The molecular formula is C18H15ClN6O4. The normalized spacial score (nSPS) is 11.3. The fourth-order valence-corrected chi connectivity index (χ4v) is 2.76. The Kier molecular flexibility index (Phi) is 5.55. The van der Waals surface area contributed by atoms with Gasteiger partial charge in [-0.3, -0.25) is 14.9 Å². The SMILES string of the molecule is CC(=NNC(=O)c1ccc(Cl)cc1O)c1nnn(-c2cccc([N+](=O)[O-])c2)c1C. The van der Waals surface area contributed by atoms with Crippen LogP contribution in [-0.2, 0) is 0 Å².